The number of hydrogen-bond donors (Lipinski definition) is 1. The smallest absolute Gasteiger partial charge is 0.117 e. The summed E-state index contributed by atoms with van der Waals surface area (Å²) < 4.78 is 0. The van der Waals surface area contributed by atoms with Crippen LogP contribution in [0.5, 0.6) is 0 Å². The van der Waals surface area contributed by atoms with Crippen molar-refractivity contribution < 1.29 is 5.11 Å². The molecule has 0 aromatic rings. The van der Waals surface area contributed by atoms with Gasteiger partial charge in [0.1, 0.15) is 6.10 Å². The second-order valence-corrected chi connectivity index (χ2v) is 2.89. The third-order valence-electron chi connectivity index (χ3n) is 1.69. The second-order valence-electron chi connectivity index (χ2n) is 2.89. The molecule has 12 heavy (non-hydrogen) atoms. The quantitative estimate of drug-likeness (QED) is 0.365. The first-order valence-corrected chi connectivity index (χ1v) is 4.60. The zero-order valence-corrected chi connectivity index (χ0v) is 7.79. The fourth-order valence-electron chi connectivity index (χ4n) is 0.923. The Morgan fingerprint density at radius 2 is 2.17 bits per heavy atom. The van der Waals surface area contributed by atoms with Gasteiger partial charge in [-0.3, -0.25) is 0 Å². The monoisotopic (exact) mass is 166 g/mol. The second kappa shape index (κ2) is 8.36. The van der Waals surface area contributed by atoms with Gasteiger partial charge in [-0.2, -0.15) is 0 Å². The van der Waals surface area contributed by atoms with E-state index in [9.17, 15) is 0 Å². The number of unbranched alkanes of at least 4 members (excludes halogenated alkanes) is 3. The van der Waals surface area contributed by atoms with Crippen molar-refractivity contribution in [2.75, 3.05) is 0 Å². The summed E-state index contributed by atoms with van der Waals surface area (Å²) in [5, 5.41) is 8.97. The zero-order valence-electron chi connectivity index (χ0n) is 7.79. The van der Waals surface area contributed by atoms with E-state index in [0.717, 1.165) is 6.42 Å². The number of aliphatic hydroxyl groups excluding tert-OH is 1. The minimum absolute atomic E-state index is 0.586. The van der Waals surface area contributed by atoms with Gasteiger partial charge in [0.05, 0.1) is 0 Å². The summed E-state index contributed by atoms with van der Waals surface area (Å²) in [5.41, 5.74) is 0. The summed E-state index contributed by atoms with van der Waals surface area (Å²) >= 11 is 0. The predicted octanol–water partition coefficient (Wildman–Crippen LogP) is 2.51. The van der Waals surface area contributed by atoms with Gasteiger partial charge in [-0.1, -0.05) is 37.8 Å². The minimum Gasteiger partial charge on any atom is -0.380 e. The molecule has 1 unspecified atom stereocenters. The Balaban J connectivity index is 3.21. The molecule has 68 valence electrons. The summed E-state index contributed by atoms with van der Waals surface area (Å²) in [6.45, 7) is 2.19. The molecule has 0 aliphatic carbocycles. The standard InChI is InChI=1S/C11H18O/c1-3-5-6-7-8-9-10-11(12)4-2/h2,8-9,11-12H,3,5-7,10H2,1H3/b9-8-. The first-order valence-electron chi connectivity index (χ1n) is 4.60. The van der Waals surface area contributed by atoms with E-state index in [4.69, 9.17) is 11.5 Å². The first-order chi connectivity index (χ1) is 5.81. The van der Waals surface area contributed by atoms with E-state index >= 15 is 0 Å². The third kappa shape index (κ3) is 7.37. The van der Waals surface area contributed by atoms with Crippen molar-refractivity contribution in [1.29, 1.82) is 0 Å². The van der Waals surface area contributed by atoms with Gasteiger partial charge in [-0.25, -0.2) is 0 Å². The molecule has 0 aliphatic heterocycles. The van der Waals surface area contributed by atoms with E-state index in [2.05, 4.69) is 18.9 Å². The van der Waals surface area contributed by atoms with Crippen LogP contribution in [0.3, 0.4) is 0 Å². The number of terminal acetylenes is 1. The highest BCUT2D eigenvalue weighted by molar-refractivity contribution is 4.98. The molecule has 0 fully saturated rings. The Labute approximate surface area is 75.5 Å². The topological polar surface area (TPSA) is 20.2 Å². The maximum absolute atomic E-state index is 8.97. The highest BCUT2D eigenvalue weighted by atomic mass is 16.3. The lowest BCUT2D eigenvalue weighted by molar-refractivity contribution is 0.236. The van der Waals surface area contributed by atoms with Crippen molar-refractivity contribution >= 4 is 0 Å². The van der Waals surface area contributed by atoms with Crippen LogP contribution in [0.4, 0.5) is 0 Å². The van der Waals surface area contributed by atoms with Crippen LogP contribution in [0.2, 0.25) is 0 Å². The normalized spacial score (nSPS) is 13.1. The highest BCUT2D eigenvalue weighted by Gasteiger charge is 1.91. The fraction of sp³-hybridized carbons (Fsp3) is 0.636. The average Bonchev–Trinajstić information content (AvgIpc) is 2.10. The maximum Gasteiger partial charge on any atom is 0.117 e. The molecule has 0 aliphatic rings. The van der Waals surface area contributed by atoms with Crippen molar-refractivity contribution in [1.82, 2.24) is 0 Å². The summed E-state index contributed by atoms with van der Waals surface area (Å²) in [5.74, 6) is 2.27. The van der Waals surface area contributed by atoms with Crippen LogP contribution in [0.15, 0.2) is 12.2 Å². The van der Waals surface area contributed by atoms with Crippen molar-refractivity contribution in [3.8, 4) is 12.3 Å². The lowest BCUT2D eigenvalue weighted by Crippen LogP contribution is -1.98. The van der Waals surface area contributed by atoms with E-state index in [1.807, 2.05) is 6.08 Å². The summed E-state index contributed by atoms with van der Waals surface area (Å²) in [6, 6.07) is 0. The lowest BCUT2D eigenvalue weighted by atomic mass is 10.2. The number of rotatable bonds is 6. The molecule has 0 saturated carbocycles. The van der Waals surface area contributed by atoms with Crippen LogP contribution in [-0.4, -0.2) is 11.2 Å². The van der Waals surface area contributed by atoms with E-state index in [0.29, 0.717) is 6.42 Å². The van der Waals surface area contributed by atoms with E-state index in [1.165, 1.54) is 19.3 Å². The van der Waals surface area contributed by atoms with Crippen molar-refractivity contribution in [3.05, 3.63) is 12.2 Å². The molecular formula is C11H18O. The maximum atomic E-state index is 8.97. The molecule has 1 atom stereocenters. The molecule has 0 radical (unpaired) electrons. The van der Waals surface area contributed by atoms with Crippen LogP contribution >= 0.6 is 0 Å². The number of hydrogen-bond acceptors (Lipinski definition) is 1. The van der Waals surface area contributed by atoms with Gasteiger partial charge in [0.15, 0.2) is 0 Å². The Morgan fingerprint density at radius 3 is 2.75 bits per heavy atom. The number of aliphatic hydroxyl groups is 1. The van der Waals surface area contributed by atoms with E-state index < -0.39 is 6.10 Å². The van der Waals surface area contributed by atoms with Crippen molar-refractivity contribution in [2.45, 2.75) is 45.1 Å². The SMILES string of the molecule is C#CC(O)C/C=C\CCCCC. The van der Waals surface area contributed by atoms with Crippen LogP contribution in [0, 0.1) is 12.3 Å². The fourth-order valence-corrected chi connectivity index (χ4v) is 0.923. The van der Waals surface area contributed by atoms with E-state index in [1.54, 1.807) is 0 Å². The predicted molar refractivity (Wildman–Crippen MR) is 52.7 cm³/mol. The van der Waals surface area contributed by atoms with Gasteiger partial charge >= 0.3 is 0 Å². The Hall–Kier alpha value is -0.740. The summed E-state index contributed by atoms with van der Waals surface area (Å²) in [7, 11) is 0. The molecule has 1 N–H and O–H groups in total. The molecule has 0 rings (SSSR count). The first kappa shape index (κ1) is 11.3. The molecule has 0 spiro atoms. The molecule has 0 amide bonds. The zero-order chi connectivity index (χ0) is 9.23. The molecule has 0 aromatic heterocycles. The highest BCUT2D eigenvalue weighted by Crippen LogP contribution is 2.00. The van der Waals surface area contributed by atoms with Crippen molar-refractivity contribution in [3.63, 3.8) is 0 Å². The Bertz CT molecular complexity index is 153. The third-order valence-corrected chi connectivity index (χ3v) is 1.69. The molecule has 0 saturated heterocycles. The van der Waals surface area contributed by atoms with Gasteiger partial charge in [-0.05, 0) is 12.8 Å². The summed E-state index contributed by atoms with van der Waals surface area (Å²) in [6.07, 6.45) is 13.9. The molecule has 1 heteroatoms. The van der Waals surface area contributed by atoms with Crippen LogP contribution < -0.4 is 0 Å². The molecule has 0 aromatic carbocycles. The Morgan fingerprint density at radius 1 is 1.42 bits per heavy atom. The summed E-state index contributed by atoms with van der Waals surface area (Å²) in [4.78, 5) is 0. The molecular weight excluding hydrogens is 148 g/mol. The molecule has 0 heterocycles. The van der Waals surface area contributed by atoms with Crippen LogP contribution in [0.25, 0.3) is 0 Å². The lowest BCUT2D eigenvalue weighted by Gasteiger charge is -1.96. The average molecular weight is 166 g/mol. The van der Waals surface area contributed by atoms with Gasteiger partial charge in [0.25, 0.3) is 0 Å². The van der Waals surface area contributed by atoms with Gasteiger partial charge in [-0.15, -0.1) is 6.42 Å². The van der Waals surface area contributed by atoms with Gasteiger partial charge in [0, 0.05) is 6.42 Å². The molecule has 0 bridgehead atoms. The van der Waals surface area contributed by atoms with Crippen molar-refractivity contribution in [2.24, 2.45) is 0 Å². The molecule has 1 nitrogen and oxygen atoms in total. The minimum atomic E-state index is -0.604. The van der Waals surface area contributed by atoms with Crippen LogP contribution in [-0.2, 0) is 0 Å². The van der Waals surface area contributed by atoms with E-state index in [-0.39, 0.29) is 0 Å². The Kier molecular flexibility index (Phi) is 7.84. The van der Waals surface area contributed by atoms with Gasteiger partial charge < -0.3 is 5.11 Å². The number of allylic oxidation sites excluding steroid dienone is 1. The van der Waals surface area contributed by atoms with Crippen LogP contribution in [0.1, 0.15) is 39.0 Å². The van der Waals surface area contributed by atoms with Gasteiger partial charge in [0.2, 0.25) is 0 Å². The largest absolute Gasteiger partial charge is 0.380 e.